The van der Waals surface area contributed by atoms with Gasteiger partial charge in [0.2, 0.25) is 11.8 Å². The summed E-state index contributed by atoms with van der Waals surface area (Å²) in [6.07, 6.45) is -3.81. The summed E-state index contributed by atoms with van der Waals surface area (Å²) in [6, 6.07) is 18.8. The van der Waals surface area contributed by atoms with Crippen molar-refractivity contribution in [3.8, 4) is 11.5 Å². The number of carbonyl (C=O) groups excluding carboxylic acids is 4. The monoisotopic (exact) mass is 789 g/mol. The zero-order valence-electron chi connectivity index (χ0n) is 28.7. The van der Waals surface area contributed by atoms with Crippen molar-refractivity contribution in [3.63, 3.8) is 0 Å². The van der Waals surface area contributed by atoms with Crippen LogP contribution >= 0.6 is 11.6 Å². The molecule has 56 heavy (non-hydrogen) atoms. The standard InChI is InChI=1S/C40H28ClF4N3O8/c41-21-6-4-20(5-7-21)39-30(35(51)48(38(39)55)46-23-10-8-22(42)9-11-23)18-28-26(33(39)29-17-25(12-15-31(29)49)56-40(43,44)45)13-14-27-32(28)36(52)47(34(27)50)24-3-1-2-19(16-24)37(53)54/h1-13,15-17,27-28,30,32-33,46,49H,14,18H2,(H,53,54)/t27-,28+,30-,32-,33+,39+/m0/s1. The van der Waals surface area contributed by atoms with Crippen LogP contribution in [0.2, 0.25) is 5.02 Å². The first-order valence-corrected chi connectivity index (χ1v) is 17.6. The Labute approximate surface area is 319 Å². The Bertz CT molecular complexity index is 2370. The summed E-state index contributed by atoms with van der Waals surface area (Å²) in [6.45, 7) is 0. The van der Waals surface area contributed by atoms with Crippen LogP contribution in [0.15, 0.2) is 103 Å². The number of carboxylic acids is 1. The highest BCUT2D eigenvalue weighted by molar-refractivity contribution is 6.30. The molecule has 2 saturated heterocycles. The normalized spacial score (nSPS) is 25.7. The lowest BCUT2D eigenvalue weighted by atomic mass is 9.49. The third kappa shape index (κ3) is 5.76. The number of ether oxygens (including phenoxy) is 1. The number of hydrazine groups is 1. The van der Waals surface area contributed by atoms with Crippen molar-refractivity contribution in [1.29, 1.82) is 0 Å². The van der Waals surface area contributed by atoms with Gasteiger partial charge in [0.05, 0.1) is 40.1 Å². The van der Waals surface area contributed by atoms with Crippen molar-refractivity contribution in [2.75, 3.05) is 10.3 Å². The predicted molar refractivity (Wildman–Crippen MR) is 190 cm³/mol. The molecule has 0 radical (unpaired) electrons. The van der Waals surface area contributed by atoms with Crippen LogP contribution < -0.4 is 15.1 Å². The lowest BCUT2D eigenvalue weighted by molar-refractivity contribution is -0.274. The molecule has 0 aromatic heterocycles. The number of nitrogens with one attached hydrogen (secondary N) is 1. The number of anilines is 2. The largest absolute Gasteiger partial charge is 0.573 e. The lowest BCUT2D eigenvalue weighted by Gasteiger charge is -2.50. The van der Waals surface area contributed by atoms with Crippen LogP contribution in [0.4, 0.5) is 28.9 Å². The minimum absolute atomic E-state index is 0.00941. The van der Waals surface area contributed by atoms with Gasteiger partial charge in [-0.25, -0.2) is 9.18 Å². The molecule has 286 valence electrons. The van der Waals surface area contributed by atoms with Crippen LogP contribution in [0.25, 0.3) is 0 Å². The maximum absolute atomic E-state index is 15.2. The summed E-state index contributed by atoms with van der Waals surface area (Å²) >= 11 is 6.27. The van der Waals surface area contributed by atoms with Crippen LogP contribution in [0.5, 0.6) is 11.5 Å². The minimum atomic E-state index is -5.15. The molecule has 3 N–H and O–H groups in total. The number of aromatic hydroxyl groups is 1. The summed E-state index contributed by atoms with van der Waals surface area (Å²) in [7, 11) is 0. The number of carbonyl (C=O) groups is 5. The Balaban J connectivity index is 1.34. The number of benzene rings is 4. The number of allylic oxidation sites excluding steroid dienone is 2. The van der Waals surface area contributed by atoms with E-state index in [1.54, 1.807) is 6.08 Å². The Kier molecular flexibility index (Phi) is 8.67. The van der Waals surface area contributed by atoms with E-state index in [4.69, 9.17) is 11.6 Å². The van der Waals surface area contributed by atoms with E-state index >= 15 is 4.79 Å². The van der Waals surface area contributed by atoms with Crippen molar-refractivity contribution in [1.82, 2.24) is 5.01 Å². The van der Waals surface area contributed by atoms with Crippen molar-refractivity contribution in [3.05, 3.63) is 130 Å². The molecular weight excluding hydrogens is 762 g/mol. The Hall–Kier alpha value is -6.22. The molecular formula is C40H28ClF4N3O8. The zero-order valence-corrected chi connectivity index (χ0v) is 29.4. The van der Waals surface area contributed by atoms with E-state index in [1.165, 1.54) is 60.7 Å². The van der Waals surface area contributed by atoms with Gasteiger partial charge in [-0.3, -0.25) is 29.5 Å². The van der Waals surface area contributed by atoms with Crippen LogP contribution in [0.1, 0.15) is 40.2 Å². The molecule has 6 atom stereocenters. The highest BCUT2D eigenvalue weighted by Gasteiger charge is 2.70. The smallest absolute Gasteiger partial charge is 0.508 e. The van der Waals surface area contributed by atoms with Crippen molar-refractivity contribution in [2.45, 2.75) is 30.5 Å². The van der Waals surface area contributed by atoms with Crippen molar-refractivity contribution in [2.24, 2.45) is 23.7 Å². The summed E-state index contributed by atoms with van der Waals surface area (Å²) in [4.78, 5) is 71.1. The average molecular weight is 790 g/mol. The fourth-order valence-electron chi connectivity index (χ4n) is 8.99. The van der Waals surface area contributed by atoms with Gasteiger partial charge < -0.3 is 14.9 Å². The van der Waals surface area contributed by atoms with Crippen LogP contribution in [0.3, 0.4) is 0 Å². The SMILES string of the molecule is O=C(O)c1cccc(N2C(=O)[C@H]3[C@H](CC=C4[C@H]3C[C@H]3C(=O)N(Nc5ccc(F)cc5)C(=O)[C@@]3(c3ccc(Cl)cc3)[C@H]4c3cc(OC(F)(F)F)ccc3O)C2=O)c1. The molecule has 4 aromatic carbocycles. The van der Waals surface area contributed by atoms with Gasteiger partial charge >= 0.3 is 12.3 Å². The molecule has 0 spiro atoms. The van der Waals surface area contributed by atoms with Gasteiger partial charge in [-0.1, -0.05) is 41.4 Å². The second-order valence-corrected chi connectivity index (χ2v) is 14.4. The third-order valence-corrected chi connectivity index (χ3v) is 11.4. The van der Waals surface area contributed by atoms with Gasteiger partial charge in [0.25, 0.3) is 11.8 Å². The van der Waals surface area contributed by atoms with E-state index in [-0.39, 0.29) is 45.9 Å². The molecule has 2 aliphatic heterocycles. The number of fused-ring (bicyclic) bond motifs is 4. The molecule has 16 heteroatoms. The average Bonchev–Trinajstić information content (AvgIpc) is 3.53. The number of imide groups is 2. The highest BCUT2D eigenvalue weighted by atomic mass is 35.5. The fourth-order valence-corrected chi connectivity index (χ4v) is 9.12. The number of phenols is 1. The van der Waals surface area contributed by atoms with E-state index in [2.05, 4.69) is 10.2 Å². The summed E-state index contributed by atoms with van der Waals surface area (Å²) < 4.78 is 58.9. The zero-order chi connectivity index (χ0) is 39.8. The second-order valence-electron chi connectivity index (χ2n) is 14.0. The summed E-state index contributed by atoms with van der Waals surface area (Å²) in [5.74, 6) is -12.1. The van der Waals surface area contributed by atoms with Crippen molar-refractivity contribution < 1.29 is 56.5 Å². The molecule has 2 aliphatic carbocycles. The quantitative estimate of drug-likeness (QED) is 0.102. The maximum Gasteiger partial charge on any atom is 0.573 e. The Morgan fingerprint density at radius 1 is 0.893 bits per heavy atom. The lowest BCUT2D eigenvalue weighted by Crippen LogP contribution is -2.53. The molecule has 2 heterocycles. The van der Waals surface area contributed by atoms with E-state index < -0.39 is 88.3 Å². The van der Waals surface area contributed by atoms with E-state index in [0.717, 1.165) is 40.2 Å². The predicted octanol–water partition coefficient (Wildman–Crippen LogP) is 6.97. The molecule has 1 saturated carbocycles. The van der Waals surface area contributed by atoms with E-state index in [1.807, 2.05) is 0 Å². The van der Waals surface area contributed by atoms with Gasteiger partial charge in [0.15, 0.2) is 0 Å². The molecule has 4 amide bonds. The molecule has 0 unspecified atom stereocenters. The van der Waals surface area contributed by atoms with Crippen molar-refractivity contribution >= 4 is 52.6 Å². The molecule has 3 fully saturated rings. The number of hydrogen-bond acceptors (Lipinski definition) is 8. The number of carboxylic acid groups (broad SMARTS) is 1. The number of nitrogens with zero attached hydrogens (tertiary/aromatic N) is 2. The van der Waals surface area contributed by atoms with Gasteiger partial charge in [0.1, 0.15) is 17.3 Å². The summed E-state index contributed by atoms with van der Waals surface area (Å²) in [5.41, 5.74) is 1.02. The minimum Gasteiger partial charge on any atom is -0.508 e. The van der Waals surface area contributed by atoms with Gasteiger partial charge in [0, 0.05) is 16.5 Å². The third-order valence-electron chi connectivity index (χ3n) is 11.2. The first-order chi connectivity index (χ1) is 26.6. The number of aromatic carboxylic acids is 1. The topological polar surface area (TPSA) is 154 Å². The number of alkyl halides is 3. The fraction of sp³-hybridized carbons (Fsp3) is 0.225. The molecule has 0 bridgehead atoms. The van der Waals surface area contributed by atoms with Crippen LogP contribution in [0, 0.1) is 29.5 Å². The number of hydrogen-bond donors (Lipinski definition) is 3. The van der Waals surface area contributed by atoms with E-state index in [0.29, 0.717) is 5.57 Å². The van der Waals surface area contributed by atoms with Crippen LogP contribution in [-0.2, 0) is 24.6 Å². The Morgan fingerprint density at radius 2 is 1.61 bits per heavy atom. The van der Waals surface area contributed by atoms with Gasteiger partial charge in [-0.15, -0.1) is 13.2 Å². The van der Waals surface area contributed by atoms with Gasteiger partial charge in [-0.2, -0.15) is 5.01 Å². The Morgan fingerprint density at radius 3 is 2.29 bits per heavy atom. The molecule has 4 aliphatic rings. The molecule has 11 nitrogen and oxygen atoms in total. The van der Waals surface area contributed by atoms with E-state index in [9.17, 15) is 47.0 Å². The maximum atomic E-state index is 15.2. The second kappa shape index (κ2) is 13.2. The number of halogens is 5. The highest BCUT2D eigenvalue weighted by Crippen LogP contribution is 2.65. The number of rotatable bonds is 7. The first kappa shape index (κ1) is 36.7. The number of phenolic OH excluding ortho intramolecular Hbond substituents is 1. The van der Waals surface area contributed by atoms with Gasteiger partial charge in [-0.05, 0) is 97.1 Å². The van der Waals surface area contributed by atoms with Crippen LogP contribution in [-0.4, -0.2) is 51.2 Å². The molecule has 8 rings (SSSR count). The molecule has 4 aromatic rings. The first-order valence-electron chi connectivity index (χ1n) is 17.3. The number of amides is 4. The summed E-state index contributed by atoms with van der Waals surface area (Å²) in [5, 5.41) is 22.1.